The lowest BCUT2D eigenvalue weighted by Gasteiger charge is -2.13. The van der Waals surface area contributed by atoms with Crippen molar-refractivity contribution in [3.8, 4) is 5.75 Å². The Morgan fingerprint density at radius 3 is 2.70 bits per heavy atom. The van der Waals surface area contributed by atoms with E-state index in [2.05, 4.69) is 32.9 Å². The SMILES string of the molecule is CC(NC(=O)COc1ccc(I)cc1)c1ccccn1. The zero-order valence-corrected chi connectivity index (χ0v) is 13.2. The quantitative estimate of drug-likeness (QED) is 0.810. The summed E-state index contributed by atoms with van der Waals surface area (Å²) < 4.78 is 6.55. The van der Waals surface area contributed by atoms with Gasteiger partial charge < -0.3 is 10.1 Å². The van der Waals surface area contributed by atoms with Gasteiger partial charge in [0.1, 0.15) is 5.75 Å². The second kappa shape index (κ2) is 7.23. The second-order valence-corrected chi connectivity index (χ2v) is 5.53. The molecule has 4 nitrogen and oxygen atoms in total. The summed E-state index contributed by atoms with van der Waals surface area (Å²) in [4.78, 5) is 16.0. The molecule has 1 unspecified atom stereocenters. The van der Waals surface area contributed by atoms with Gasteiger partial charge in [0, 0.05) is 9.77 Å². The number of pyridine rings is 1. The maximum atomic E-state index is 11.8. The minimum atomic E-state index is -0.165. The highest BCUT2D eigenvalue weighted by atomic mass is 127. The monoisotopic (exact) mass is 382 g/mol. The van der Waals surface area contributed by atoms with Crippen LogP contribution in [0.25, 0.3) is 0 Å². The van der Waals surface area contributed by atoms with E-state index in [-0.39, 0.29) is 18.6 Å². The molecule has 2 rings (SSSR count). The van der Waals surface area contributed by atoms with E-state index in [0.717, 1.165) is 9.26 Å². The third kappa shape index (κ3) is 4.48. The molecule has 1 aromatic heterocycles. The van der Waals surface area contributed by atoms with Crippen LogP contribution >= 0.6 is 22.6 Å². The van der Waals surface area contributed by atoms with Crippen molar-refractivity contribution < 1.29 is 9.53 Å². The summed E-state index contributed by atoms with van der Waals surface area (Å²) in [5, 5.41) is 2.85. The smallest absolute Gasteiger partial charge is 0.258 e. The van der Waals surface area contributed by atoms with Gasteiger partial charge in [-0.25, -0.2) is 0 Å². The van der Waals surface area contributed by atoms with Crippen molar-refractivity contribution in [1.82, 2.24) is 10.3 Å². The summed E-state index contributed by atoms with van der Waals surface area (Å²) in [6, 6.07) is 13.0. The van der Waals surface area contributed by atoms with E-state index in [9.17, 15) is 4.79 Å². The highest BCUT2D eigenvalue weighted by Gasteiger charge is 2.10. The topological polar surface area (TPSA) is 51.2 Å². The molecule has 1 amide bonds. The molecule has 1 atom stereocenters. The Kier molecular flexibility index (Phi) is 5.34. The molecule has 0 aliphatic rings. The Hall–Kier alpha value is -1.63. The Morgan fingerprint density at radius 1 is 1.30 bits per heavy atom. The van der Waals surface area contributed by atoms with E-state index < -0.39 is 0 Å². The maximum absolute atomic E-state index is 11.8. The summed E-state index contributed by atoms with van der Waals surface area (Å²) in [5.41, 5.74) is 0.829. The zero-order valence-electron chi connectivity index (χ0n) is 11.0. The lowest BCUT2D eigenvalue weighted by atomic mass is 10.2. The average Bonchev–Trinajstić information content (AvgIpc) is 2.47. The molecule has 20 heavy (non-hydrogen) atoms. The number of nitrogens with zero attached hydrogens (tertiary/aromatic N) is 1. The zero-order chi connectivity index (χ0) is 14.4. The van der Waals surface area contributed by atoms with Gasteiger partial charge in [-0.1, -0.05) is 6.07 Å². The van der Waals surface area contributed by atoms with Crippen LogP contribution in [0.5, 0.6) is 5.75 Å². The van der Waals surface area contributed by atoms with Crippen LogP contribution in [-0.2, 0) is 4.79 Å². The van der Waals surface area contributed by atoms with Crippen LogP contribution in [-0.4, -0.2) is 17.5 Å². The van der Waals surface area contributed by atoms with Crippen molar-refractivity contribution in [2.24, 2.45) is 0 Å². The number of amides is 1. The Balaban J connectivity index is 1.82. The Bertz CT molecular complexity index is 558. The first-order valence-electron chi connectivity index (χ1n) is 6.24. The maximum Gasteiger partial charge on any atom is 0.258 e. The fourth-order valence-electron chi connectivity index (χ4n) is 1.67. The molecule has 2 aromatic rings. The van der Waals surface area contributed by atoms with Gasteiger partial charge in [0.25, 0.3) is 5.91 Å². The molecule has 0 spiro atoms. The predicted octanol–water partition coefficient (Wildman–Crippen LogP) is 2.94. The number of rotatable bonds is 5. The highest BCUT2D eigenvalue weighted by molar-refractivity contribution is 14.1. The number of nitrogens with one attached hydrogen (secondary N) is 1. The summed E-state index contributed by atoms with van der Waals surface area (Å²) in [6.45, 7) is 1.89. The largest absolute Gasteiger partial charge is 0.484 e. The molecular weight excluding hydrogens is 367 g/mol. The lowest BCUT2D eigenvalue weighted by Crippen LogP contribution is -2.31. The van der Waals surface area contributed by atoms with E-state index in [1.54, 1.807) is 6.20 Å². The van der Waals surface area contributed by atoms with Crippen LogP contribution in [0.4, 0.5) is 0 Å². The molecule has 0 aliphatic carbocycles. The molecule has 1 heterocycles. The molecule has 104 valence electrons. The Labute approximate surface area is 131 Å². The number of hydrogen-bond acceptors (Lipinski definition) is 3. The van der Waals surface area contributed by atoms with Gasteiger partial charge in [0.05, 0.1) is 11.7 Å². The molecule has 0 bridgehead atoms. The Morgan fingerprint density at radius 2 is 2.05 bits per heavy atom. The fourth-order valence-corrected chi connectivity index (χ4v) is 2.03. The first kappa shape index (κ1) is 14.8. The molecule has 0 aliphatic heterocycles. The second-order valence-electron chi connectivity index (χ2n) is 4.29. The van der Waals surface area contributed by atoms with Crippen molar-refractivity contribution >= 4 is 28.5 Å². The molecule has 0 saturated carbocycles. The van der Waals surface area contributed by atoms with Crippen LogP contribution < -0.4 is 10.1 Å². The van der Waals surface area contributed by atoms with Crippen LogP contribution in [0.3, 0.4) is 0 Å². The fraction of sp³-hybridized carbons (Fsp3) is 0.200. The van der Waals surface area contributed by atoms with Gasteiger partial charge >= 0.3 is 0 Å². The molecule has 5 heteroatoms. The first-order chi connectivity index (χ1) is 9.65. The van der Waals surface area contributed by atoms with Crippen LogP contribution in [0, 0.1) is 3.57 Å². The van der Waals surface area contributed by atoms with E-state index in [1.807, 2.05) is 49.4 Å². The summed E-state index contributed by atoms with van der Waals surface area (Å²) >= 11 is 2.22. The van der Waals surface area contributed by atoms with E-state index >= 15 is 0 Å². The molecule has 1 aromatic carbocycles. The molecule has 0 radical (unpaired) electrons. The van der Waals surface area contributed by atoms with Gasteiger partial charge in [-0.3, -0.25) is 9.78 Å². The van der Waals surface area contributed by atoms with Crippen molar-refractivity contribution in [3.63, 3.8) is 0 Å². The van der Waals surface area contributed by atoms with Gasteiger partial charge in [-0.2, -0.15) is 0 Å². The summed E-state index contributed by atoms with van der Waals surface area (Å²) in [5.74, 6) is 0.521. The van der Waals surface area contributed by atoms with Crippen LogP contribution in [0.2, 0.25) is 0 Å². The number of benzene rings is 1. The number of aromatic nitrogens is 1. The number of halogens is 1. The van der Waals surface area contributed by atoms with Gasteiger partial charge in [0.2, 0.25) is 0 Å². The highest BCUT2D eigenvalue weighted by Crippen LogP contribution is 2.13. The van der Waals surface area contributed by atoms with Gasteiger partial charge in [0.15, 0.2) is 6.61 Å². The summed E-state index contributed by atoms with van der Waals surface area (Å²) in [7, 11) is 0. The van der Waals surface area contributed by atoms with Crippen LogP contribution in [0.15, 0.2) is 48.7 Å². The molecule has 0 saturated heterocycles. The minimum absolute atomic E-state index is 0.00222. The molecule has 0 fully saturated rings. The van der Waals surface area contributed by atoms with E-state index in [0.29, 0.717) is 5.75 Å². The van der Waals surface area contributed by atoms with Crippen molar-refractivity contribution in [1.29, 1.82) is 0 Å². The minimum Gasteiger partial charge on any atom is -0.484 e. The van der Waals surface area contributed by atoms with Gasteiger partial charge in [-0.05, 0) is 65.9 Å². The number of carbonyl (C=O) groups excluding carboxylic acids is 1. The number of hydrogen-bond donors (Lipinski definition) is 1. The van der Waals surface area contributed by atoms with Crippen LogP contribution in [0.1, 0.15) is 18.7 Å². The van der Waals surface area contributed by atoms with Crippen molar-refractivity contribution in [2.45, 2.75) is 13.0 Å². The van der Waals surface area contributed by atoms with Gasteiger partial charge in [-0.15, -0.1) is 0 Å². The van der Waals surface area contributed by atoms with E-state index in [1.165, 1.54) is 0 Å². The third-order valence-corrected chi connectivity index (χ3v) is 3.41. The predicted molar refractivity (Wildman–Crippen MR) is 85.4 cm³/mol. The third-order valence-electron chi connectivity index (χ3n) is 2.69. The summed E-state index contributed by atoms with van der Waals surface area (Å²) in [6.07, 6.45) is 1.71. The van der Waals surface area contributed by atoms with Crippen molar-refractivity contribution in [3.05, 3.63) is 57.9 Å². The normalized spacial score (nSPS) is 11.7. The van der Waals surface area contributed by atoms with E-state index in [4.69, 9.17) is 4.74 Å². The molecule has 1 N–H and O–H groups in total. The molecular formula is C15H15IN2O2. The number of carbonyl (C=O) groups is 1. The van der Waals surface area contributed by atoms with Crippen molar-refractivity contribution in [2.75, 3.05) is 6.61 Å². The standard InChI is InChI=1S/C15H15IN2O2/c1-11(14-4-2-3-9-17-14)18-15(19)10-20-13-7-5-12(16)6-8-13/h2-9,11H,10H2,1H3,(H,18,19). The average molecular weight is 382 g/mol. The first-order valence-corrected chi connectivity index (χ1v) is 7.31. The number of ether oxygens (including phenoxy) is 1. The lowest BCUT2D eigenvalue weighted by molar-refractivity contribution is -0.123.